The molecule has 144 valence electrons. The molecule has 1 heterocycles. The van der Waals surface area contributed by atoms with Crippen LogP contribution in [0.3, 0.4) is 0 Å². The van der Waals surface area contributed by atoms with E-state index in [1.807, 2.05) is 72.8 Å². The molecule has 6 heteroatoms. The van der Waals surface area contributed by atoms with Crippen LogP contribution in [0.15, 0.2) is 88.4 Å². The fourth-order valence-corrected chi connectivity index (χ4v) is 2.93. The van der Waals surface area contributed by atoms with Crippen molar-refractivity contribution < 1.29 is 13.9 Å². The third-order valence-corrected chi connectivity index (χ3v) is 4.63. The number of nitrogens with zero attached hydrogens (tertiary/aromatic N) is 1. The molecule has 0 radical (unpaired) electrons. The van der Waals surface area contributed by atoms with E-state index in [0.717, 1.165) is 16.5 Å². The molecule has 0 bridgehead atoms. The Hall–Kier alpha value is -3.57. The van der Waals surface area contributed by atoms with Gasteiger partial charge in [0.15, 0.2) is 5.76 Å². The summed E-state index contributed by atoms with van der Waals surface area (Å²) in [5.74, 6) is 0.525. The number of hydrogen-bond acceptors (Lipinski definition) is 4. The van der Waals surface area contributed by atoms with Crippen molar-refractivity contribution in [1.82, 2.24) is 5.43 Å². The van der Waals surface area contributed by atoms with Crippen LogP contribution < -0.4 is 10.2 Å². The Morgan fingerprint density at radius 2 is 1.79 bits per heavy atom. The molecule has 3 aromatic carbocycles. The largest absolute Gasteiger partial charge is 0.489 e. The summed E-state index contributed by atoms with van der Waals surface area (Å²) < 4.78 is 11.3. The lowest BCUT2D eigenvalue weighted by Gasteiger charge is -2.07. The molecule has 1 aromatic heterocycles. The van der Waals surface area contributed by atoms with Gasteiger partial charge in [0.25, 0.3) is 0 Å². The van der Waals surface area contributed by atoms with Crippen molar-refractivity contribution in [3.05, 3.63) is 101 Å². The number of ether oxygens (including phenoxy) is 1. The highest BCUT2D eigenvalue weighted by Gasteiger charge is 2.10. The van der Waals surface area contributed by atoms with Crippen molar-refractivity contribution in [3.8, 4) is 5.75 Å². The van der Waals surface area contributed by atoms with E-state index in [1.165, 1.54) is 0 Å². The van der Waals surface area contributed by atoms with Crippen molar-refractivity contribution in [1.29, 1.82) is 0 Å². The molecule has 1 amide bonds. The van der Waals surface area contributed by atoms with Crippen LogP contribution in [-0.2, 0) is 6.61 Å². The van der Waals surface area contributed by atoms with Crippen LogP contribution in [0.1, 0.15) is 21.7 Å². The summed E-state index contributed by atoms with van der Waals surface area (Å²) in [6, 6.07) is 24.0. The number of carbonyl (C=O) groups excluding carboxylic acids is 1. The first-order valence-electron chi connectivity index (χ1n) is 8.97. The van der Waals surface area contributed by atoms with Crippen molar-refractivity contribution in [2.75, 3.05) is 0 Å². The summed E-state index contributed by atoms with van der Waals surface area (Å²) in [5, 5.41) is 5.53. The van der Waals surface area contributed by atoms with E-state index in [0.29, 0.717) is 23.0 Å². The Morgan fingerprint density at radius 3 is 2.59 bits per heavy atom. The number of carbonyl (C=O) groups is 1. The predicted octanol–water partition coefficient (Wildman–Crippen LogP) is 5.43. The summed E-state index contributed by atoms with van der Waals surface area (Å²) in [5.41, 5.74) is 4.87. The Kier molecular flexibility index (Phi) is 5.59. The average Bonchev–Trinajstić information content (AvgIpc) is 3.18. The van der Waals surface area contributed by atoms with Gasteiger partial charge in [0.05, 0.1) is 6.21 Å². The zero-order valence-corrected chi connectivity index (χ0v) is 16.1. The number of rotatable bonds is 6. The van der Waals surface area contributed by atoms with E-state index in [4.69, 9.17) is 20.8 Å². The minimum atomic E-state index is -0.405. The third kappa shape index (κ3) is 4.65. The molecule has 4 rings (SSSR count). The highest BCUT2D eigenvalue weighted by molar-refractivity contribution is 6.31. The topological polar surface area (TPSA) is 63.8 Å². The van der Waals surface area contributed by atoms with Gasteiger partial charge in [0.2, 0.25) is 0 Å². The van der Waals surface area contributed by atoms with E-state index < -0.39 is 5.91 Å². The van der Waals surface area contributed by atoms with Crippen LogP contribution in [0.4, 0.5) is 0 Å². The molecule has 0 saturated carbocycles. The van der Waals surface area contributed by atoms with Crippen molar-refractivity contribution in [2.24, 2.45) is 5.10 Å². The molecule has 0 spiro atoms. The smallest absolute Gasteiger partial charge is 0.307 e. The van der Waals surface area contributed by atoms with Gasteiger partial charge in [-0.05, 0) is 48.0 Å². The maximum atomic E-state index is 12.2. The normalized spacial score (nSPS) is 11.1. The second-order valence-electron chi connectivity index (χ2n) is 6.30. The minimum Gasteiger partial charge on any atom is -0.489 e. The molecular weight excluding hydrogens is 388 g/mol. The van der Waals surface area contributed by atoms with Crippen LogP contribution >= 0.6 is 11.6 Å². The van der Waals surface area contributed by atoms with Gasteiger partial charge in [0, 0.05) is 16.0 Å². The zero-order chi connectivity index (χ0) is 20.1. The van der Waals surface area contributed by atoms with E-state index >= 15 is 0 Å². The first-order chi connectivity index (χ1) is 14.2. The highest BCUT2D eigenvalue weighted by Crippen LogP contribution is 2.19. The molecule has 0 aliphatic carbocycles. The van der Waals surface area contributed by atoms with Crippen LogP contribution in [0, 0.1) is 0 Å². The zero-order valence-electron chi connectivity index (χ0n) is 15.3. The molecule has 29 heavy (non-hydrogen) atoms. The maximum absolute atomic E-state index is 12.2. The number of amides is 1. The third-order valence-electron chi connectivity index (χ3n) is 4.26. The lowest BCUT2D eigenvalue weighted by molar-refractivity contribution is 0.0929. The van der Waals surface area contributed by atoms with Gasteiger partial charge in [-0.2, -0.15) is 5.10 Å². The van der Waals surface area contributed by atoms with Gasteiger partial charge in [-0.3, -0.25) is 4.79 Å². The predicted molar refractivity (Wildman–Crippen MR) is 114 cm³/mol. The van der Waals surface area contributed by atoms with E-state index in [1.54, 1.807) is 12.3 Å². The van der Waals surface area contributed by atoms with Gasteiger partial charge in [-0.15, -0.1) is 0 Å². The Labute approximate surface area is 172 Å². The Morgan fingerprint density at radius 1 is 1.03 bits per heavy atom. The molecule has 0 unspecified atom stereocenters. The van der Waals surface area contributed by atoms with Crippen molar-refractivity contribution >= 4 is 34.7 Å². The standard InChI is InChI=1S/C23H17ClN2O3/c24-20-7-3-1-6-18(20)15-28-19-11-9-16(10-12-19)14-25-26-23(27)22-13-17-5-2-4-8-21(17)29-22/h1-14H,15H2,(H,26,27)/b25-14+. The Balaban J connectivity index is 1.32. The summed E-state index contributed by atoms with van der Waals surface area (Å²) in [6.45, 7) is 0.390. The van der Waals surface area contributed by atoms with Gasteiger partial charge >= 0.3 is 5.91 Å². The number of para-hydroxylation sites is 1. The lowest BCUT2D eigenvalue weighted by Crippen LogP contribution is -2.16. The minimum absolute atomic E-state index is 0.215. The van der Waals surface area contributed by atoms with Crippen LogP contribution in [0.2, 0.25) is 5.02 Å². The quantitative estimate of drug-likeness (QED) is 0.344. The van der Waals surface area contributed by atoms with Crippen LogP contribution in [0.25, 0.3) is 11.0 Å². The number of halogens is 1. The van der Waals surface area contributed by atoms with Crippen molar-refractivity contribution in [2.45, 2.75) is 6.61 Å². The molecule has 5 nitrogen and oxygen atoms in total. The fourth-order valence-electron chi connectivity index (χ4n) is 2.74. The summed E-state index contributed by atoms with van der Waals surface area (Å²) in [4.78, 5) is 12.2. The van der Waals surface area contributed by atoms with Crippen molar-refractivity contribution in [3.63, 3.8) is 0 Å². The SMILES string of the molecule is O=C(N/N=C/c1ccc(OCc2ccccc2Cl)cc1)c1cc2ccccc2o1. The number of hydrazone groups is 1. The molecule has 0 fully saturated rings. The molecular formula is C23H17ClN2O3. The number of benzene rings is 3. The van der Waals surface area contributed by atoms with Gasteiger partial charge < -0.3 is 9.15 Å². The second-order valence-corrected chi connectivity index (χ2v) is 6.70. The van der Waals surface area contributed by atoms with Gasteiger partial charge in [-0.1, -0.05) is 48.0 Å². The first-order valence-corrected chi connectivity index (χ1v) is 9.35. The molecule has 0 atom stereocenters. The van der Waals surface area contributed by atoms with Gasteiger partial charge in [-0.25, -0.2) is 5.43 Å². The summed E-state index contributed by atoms with van der Waals surface area (Å²) in [6.07, 6.45) is 1.55. The maximum Gasteiger partial charge on any atom is 0.307 e. The average molecular weight is 405 g/mol. The van der Waals surface area contributed by atoms with E-state index in [2.05, 4.69) is 10.5 Å². The fraction of sp³-hybridized carbons (Fsp3) is 0.0435. The molecule has 0 saturated heterocycles. The lowest BCUT2D eigenvalue weighted by atomic mass is 10.2. The summed E-state index contributed by atoms with van der Waals surface area (Å²) >= 11 is 6.13. The van der Waals surface area contributed by atoms with Crippen LogP contribution in [0.5, 0.6) is 5.75 Å². The van der Waals surface area contributed by atoms with E-state index in [-0.39, 0.29) is 5.76 Å². The second kappa shape index (κ2) is 8.63. The Bertz CT molecular complexity index is 1130. The van der Waals surface area contributed by atoms with Gasteiger partial charge in [0.1, 0.15) is 17.9 Å². The number of hydrogen-bond donors (Lipinski definition) is 1. The number of furan rings is 1. The summed E-state index contributed by atoms with van der Waals surface area (Å²) in [7, 11) is 0. The number of fused-ring (bicyclic) bond motifs is 1. The molecule has 4 aromatic rings. The monoisotopic (exact) mass is 404 g/mol. The molecule has 0 aliphatic rings. The molecule has 0 aliphatic heterocycles. The first kappa shape index (κ1) is 18.8. The van der Waals surface area contributed by atoms with Crippen LogP contribution in [-0.4, -0.2) is 12.1 Å². The highest BCUT2D eigenvalue weighted by atomic mass is 35.5. The molecule has 1 N–H and O–H groups in total. The van der Waals surface area contributed by atoms with E-state index in [9.17, 15) is 4.79 Å². The number of nitrogens with one attached hydrogen (secondary N) is 1.